The summed E-state index contributed by atoms with van der Waals surface area (Å²) < 4.78 is 5.82. The van der Waals surface area contributed by atoms with Crippen molar-refractivity contribution in [1.82, 2.24) is 4.90 Å². The zero-order chi connectivity index (χ0) is 26.4. The lowest BCUT2D eigenvalue weighted by Gasteiger charge is -2.33. The minimum Gasteiger partial charge on any atom is -0.463 e. The molecule has 1 aliphatic heterocycles. The van der Waals surface area contributed by atoms with Crippen molar-refractivity contribution in [2.24, 2.45) is 11.7 Å². The van der Waals surface area contributed by atoms with Gasteiger partial charge in [0.1, 0.15) is 0 Å². The van der Waals surface area contributed by atoms with Crippen LogP contribution in [0.3, 0.4) is 0 Å². The highest BCUT2D eigenvalue weighted by Gasteiger charge is 2.42. The third-order valence-corrected chi connectivity index (χ3v) is 8.50. The second kappa shape index (κ2) is 13.4. The van der Waals surface area contributed by atoms with E-state index >= 15 is 0 Å². The number of hydrogen-bond donors (Lipinski definition) is 2. The van der Waals surface area contributed by atoms with Crippen molar-refractivity contribution < 1.29 is 14.6 Å². The third-order valence-electron chi connectivity index (χ3n) is 7.34. The van der Waals surface area contributed by atoms with E-state index in [0.29, 0.717) is 24.3 Å². The van der Waals surface area contributed by atoms with Gasteiger partial charge in [-0.1, -0.05) is 84.9 Å². The highest BCUT2D eigenvalue weighted by molar-refractivity contribution is 7.59. The summed E-state index contributed by atoms with van der Waals surface area (Å²) in [6, 6.07) is 31.1. The van der Waals surface area contributed by atoms with Gasteiger partial charge >= 0.3 is 5.97 Å². The molecule has 0 radical (unpaired) electrons. The summed E-state index contributed by atoms with van der Waals surface area (Å²) in [5.74, 6) is -0.353. The zero-order valence-corrected chi connectivity index (χ0v) is 23.8. The largest absolute Gasteiger partial charge is 0.463 e. The number of carbonyl (C=O) groups is 1. The van der Waals surface area contributed by atoms with Gasteiger partial charge in [0.2, 0.25) is 5.60 Å². The highest BCUT2D eigenvalue weighted by Crippen LogP contribution is 2.35. The number of aliphatic hydroxyl groups is 1. The van der Waals surface area contributed by atoms with Crippen LogP contribution in [-0.2, 0) is 28.2 Å². The Morgan fingerprint density at radius 3 is 2.13 bits per heavy atom. The quantitative estimate of drug-likeness (QED) is 0.258. The fourth-order valence-corrected chi connectivity index (χ4v) is 5.94. The van der Waals surface area contributed by atoms with E-state index in [0.717, 1.165) is 47.8 Å². The Morgan fingerprint density at radius 1 is 0.897 bits per heavy atom. The number of thiophene rings is 1. The monoisotopic (exact) mass is 560 g/mol. The van der Waals surface area contributed by atoms with Crippen molar-refractivity contribution in [3.8, 4) is 10.4 Å². The molecule has 1 aromatic heterocycles. The van der Waals surface area contributed by atoms with Crippen molar-refractivity contribution in [3.05, 3.63) is 119 Å². The first-order chi connectivity index (χ1) is 18.6. The summed E-state index contributed by atoms with van der Waals surface area (Å²) in [4.78, 5) is 18.2. The van der Waals surface area contributed by atoms with E-state index in [1.54, 1.807) is 23.5 Å². The molecule has 1 aliphatic rings. The van der Waals surface area contributed by atoms with E-state index in [2.05, 4.69) is 29.2 Å². The van der Waals surface area contributed by atoms with Gasteiger partial charge in [0.15, 0.2) is 0 Å². The topological polar surface area (TPSA) is 75.8 Å². The molecule has 39 heavy (non-hydrogen) atoms. The Bertz CT molecular complexity index is 1320. The van der Waals surface area contributed by atoms with Crippen molar-refractivity contribution in [2.45, 2.75) is 31.5 Å². The predicted molar refractivity (Wildman–Crippen MR) is 163 cm³/mol. The van der Waals surface area contributed by atoms with E-state index in [4.69, 9.17) is 10.5 Å². The average molecular weight is 561 g/mol. The third kappa shape index (κ3) is 6.80. The molecule has 2 heterocycles. The lowest BCUT2D eigenvalue weighted by Crippen LogP contribution is -2.40. The smallest absolute Gasteiger partial charge is 0.347 e. The molecule has 0 aliphatic carbocycles. The zero-order valence-electron chi connectivity index (χ0n) is 22.0. The molecule has 3 N–H and O–H groups in total. The molecule has 204 valence electrons. The normalized spacial score (nSPS) is 15.7. The summed E-state index contributed by atoms with van der Waals surface area (Å²) in [5.41, 5.74) is 7.20. The van der Waals surface area contributed by atoms with Crippen LogP contribution in [0.4, 0.5) is 0 Å². The Kier molecular flexibility index (Phi) is 9.99. The molecule has 4 aromatic rings. The van der Waals surface area contributed by atoms with Crippen molar-refractivity contribution >= 4 is 30.8 Å². The molecular weight excluding hydrogens is 524 g/mol. The molecule has 0 unspecified atom stereocenters. The number of carbonyl (C=O) groups excluding carboxylic acids is 1. The minimum absolute atomic E-state index is 0. The van der Waals surface area contributed by atoms with Crippen LogP contribution < -0.4 is 5.73 Å². The standard InChI is InChI=1S/C32H34N2O3S.H2S/c33-21-29-15-16-30(38-29)26-11-13-28(14-12-26)32(36,27-9-5-2-6-10-27)31(35)37-23-25-17-19-34(20-18-25)22-24-7-3-1-4-8-24;/h1-16,25,36H,17-23,33H2;1H2/t32-;/m0./s1. The first-order valence-electron chi connectivity index (χ1n) is 13.2. The van der Waals surface area contributed by atoms with Gasteiger partial charge in [-0.2, -0.15) is 13.5 Å². The summed E-state index contributed by atoms with van der Waals surface area (Å²) >= 11 is 1.64. The molecular formula is C32H36N2O3S2. The fraction of sp³-hybridized carbons (Fsp3) is 0.281. The van der Waals surface area contributed by atoms with Crippen LogP contribution in [0, 0.1) is 5.92 Å². The van der Waals surface area contributed by atoms with Crippen LogP contribution in [0.15, 0.2) is 97.1 Å². The summed E-state index contributed by atoms with van der Waals surface area (Å²) in [7, 11) is 0. The molecule has 0 amide bonds. The first-order valence-corrected chi connectivity index (χ1v) is 14.0. The summed E-state index contributed by atoms with van der Waals surface area (Å²) in [5, 5.41) is 11.9. The molecule has 3 aromatic carbocycles. The number of hydrogen-bond acceptors (Lipinski definition) is 6. The number of ether oxygens (including phenoxy) is 1. The number of likely N-dealkylation sites (tertiary alicyclic amines) is 1. The van der Waals surface area contributed by atoms with E-state index in [1.165, 1.54) is 5.56 Å². The first kappa shape index (κ1) is 29.1. The highest BCUT2D eigenvalue weighted by atomic mass is 32.1. The molecule has 0 saturated carbocycles. The van der Waals surface area contributed by atoms with Gasteiger partial charge in [-0.05, 0) is 66.2 Å². The van der Waals surface area contributed by atoms with Crippen molar-refractivity contribution in [1.29, 1.82) is 0 Å². The predicted octanol–water partition coefficient (Wildman–Crippen LogP) is 5.68. The lowest BCUT2D eigenvalue weighted by molar-refractivity contribution is -0.164. The van der Waals surface area contributed by atoms with E-state index in [1.807, 2.05) is 60.7 Å². The van der Waals surface area contributed by atoms with Gasteiger partial charge in [-0.15, -0.1) is 11.3 Å². The van der Waals surface area contributed by atoms with Crippen LogP contribution >= 0.6 is 24.8 Å². The molecule has 5 rings (SSSR count). The van der Waals surface area contributed by atoms with Gasteiger partial charge in [0.05, 0.1) is 6.61 Å². The van der Waals surface area contributed by atoms with E-state index < -0.39 is 11.6 Å². The summed E-state index contributed by atoms with van der Waals surface area (Å²) in [6.45, 7) is 3.69. The van der Waals surface area contributed by atoms with Crippen LogP contribution in [0.5, 0.6) is 0 Å². The molecule has 7 heteroatoms. The Morgan fingerprint density at radius 2 is 1.51 bits per heavy atom. The Hall–Kier alpha value is -2.94. The van der Waals surface area contributed by atoms with E-state index in [-0.39, 0.29) is 19.4 Å². The van der Waals surface area contributed by atoms with E-state index in [9.17, 15) is 9.90 Å². The average Bonchev–Trinajstić information content (AvgIpc) is 3.47. The number of piperidine rings is 1. The lowest BCUT2D eigenvalue weighted by atomic mass is 9.85. The number of benzene rings is 3. The molecule has 0 bridgehead atoms. The molecule has 1 atom stereocenters. The van der Waals surface area contributed by atoms with Gasteiger partial charge in [0, 0.05) is 22.8 Å². The SMILES string of the molecule is NCc1ccc(-c2ccc([C@](O)(C(=O)OCC3CCN(Cc4ccccc4)CC3)c3ccccc3)cc2)s1.S. The maximum Gasteiger partial charge on any atom is 0.347 e. The van der Waals surface area contributed by atoms with Crippen LogP contribution in [0.2, 0.25) is 0 Å². The number of esters is 1. The maximum atomic E-state index is 13.5. The van der Waals surface area contributed by atoms with Crippen LogP contribution in [-0.4, -0.2) is 35.7 Å². The summed E-state index contributed by atoms with van der Waals surface area (Å²) in [6.07, 6.45) is 1.92. The Balaban J connectivity index is 0.00000353. The molecule has 5 nitrogen and oxygen atoms in total. The second-order valence-electron chi connectivity index (χ2n) is 9.93. The minimum atomic E-state index is -1.88. The fourth-order valence-electron chi connectivity index (χ4n) is 5.05. The number of nitrogens with zero attached hydrogens (tertiary/aromatic N) is 1. The van der Waals surface area contributed by atoms with Crippen LogP contribution in [0.1, 0.15) is 34.4 Å². The second-order valence-corrected chi connectivity index (χ2v) is 11.1. The number of nitrogens with two attached hydrogens (primary N) is 1. The van der Waals surface area contributed by atoms with Gasteiger partial charge in [-0.25, -0.2) is 4.79 Å². The van der Waals surface area contributed by atoms with Gasteiger partial charge < -0.3 is 15.6 Å². The van der Waals surface area contributed by atoms with Gasteiger partial charge in [-0.3, -0.25) is 4.90 Å². The maximum absolute atomic E-state index is 13.5. The van der Waals surface area contributed by atoms with Crippen molar-refractivity contribution in [2.75, 3.05) is 19.7 Å². The van der Waals surface area contributed by atoms with Crippen LogP contribution in [0.25, 0.3) is 10.4 Å². The number of rotatable bonds is 9. The Labute approximate surface area is 241 Å². The van der Waals surface area contributed by atoms with Gasteiger partial charge in [0.25, 0.3) is 0 Å². The molecule has 1 fully saturated rings. The van der Waals surface area contributed by atoms with Crippen molar-refractivity contribution in [3.63, 3.8) is 0 Å². The molecule has 0 spiro atoms. The molecule has 1 saturated heterocycles.